The molecule has 2 heterocycles. The van der Waals surface area contributed by atoms with Crippen molar-refractivity contribution in [2.45, 2.75) is 29.6 Å². The summed E-state index contributed by atoms with van der Waals surface area (Å²) in [4.78, 5) is 13.9. The van der Waals surface area contributed by atoms with E-state index >= 15 is 0 Å². The van der Waals surface area contributed by atoms with Gasteiger partial charge in [-0.3, -0.25) is 4.79 Å². The molecule has 0 aromatic heterocycles. The minimum Gasteiger partial charge on any atom is -0.493 e. The van der Waals surface area contributed by atoms with Crippen LogP contribution in [-0.2, 0) is 16.8 Å². The van der Waals surface area contributed by atoms with Crippen molar-refractivity contribution in [2.75, 3.05) is 20.8 Å². The normalized spacial score (nSPS) is 28.3. The Morgan fingerprint density at radius 3 is 2.52 bits per heavy atom. The number of fused-ring (bicyclic) bond motifs is 3. The molecule has 0 N–H and O–H groups in total. The summed E-state index contributed by atoms with van der Waals surface area (Å²) in [5.74, 6) is 1.25. The highest BCUT2D eigenvalue weighted by Gasteiger charge is 2.64. The molecular weight excluding hydrogens is 313 g/mol. The zero-order valence-electron chi connectivity index (χ0n) is 12.2. The van der Waals surface area contributed by atoms with E-state index in [-0.39, 0.29) is 11.3 Å². The molecule has 1 aromatic carbocycles. The van der Waals surface area contributed by atoms with Crippen molar-refractivity contribution in [3.63, 3.8) is 0 Å². The average Bonchev–Trinajstić information content (AvgIpc) is 2.50. The summed E-state index contributed by atoms with van der Waals surface area (Å²) in [6, 6.07) is 3.86. The topological polar surface area (TPSA) is 38.8 Å². The van der Waals surface area contributed by atoms with Gasteiger partial charge in [-0.15, -0.1) is 23.2 Å². The van der Waals surface area contributed by atoms with Crippen LogP contribution in [0.25, 0.3) is 0 Å². The van der Waals surface area contributed by atoms with Gasteiger partial charge in [-0.1, -0.05) is 0 Å². The Morgan fingerprint density at radius 1 is 1.33 bits per heavy atom. The number of hydrogen-bond donors (Lipinski definition) is 0. The number of nitrogens with zero attached hydrogens (tertiary/aromatic N) is 1. The summed E-state index contributed by atoms with van der Waals surface area (Å²) >= 11 is 12.8. The van der Waals surface area contributed by atoms with Crippen LogP contribution in [0.4, 0.5) is 0 Å². The number of amides is 1. The van der Waals surface area contributed by atoms with Crippen LogP contribution in [0, 0.1) is 0 Å². The number of alkyl halides is 2. The van der Waals surface area contributed by atoms with Crippen molar-refractivity contribution >= 4 is 29.1 Å². The Hall–Kier alpha value is -1.13. The number of β-lactam (4-membered cyclic amide) rings is 1. The van der Waals surface area contributed by atoms with Crippen LogP contribution in [-0.4, -0.2) is 42.3 Å². The maximum absolute atomic E-state index is 12.1. The van der Waals surface area contributed by atoms with Gasteiger partial charge in [0.15, 0.2) is 11.5 Å². The minimum absolute atomic E-state index is 0.0513. The lowest BCUT2D eigenvalue weighted by Crippen LogP contribution is -2.75. The Labute approximate surface area is 133 Å². The number of hydrogen-bond acceptors (Lipinski definition) is 3. The number of methoxy groups -OCH3 is 2. The van der Waals surface area contributed by atoms with Gasteiger partial charge >= 0.3 is 0 Å². The fourth-order valence-corrected chi connectivity index (χ4v) is 4.49. The second-order valence-electron chi connectivity index (χ2n) is 5.41. The van der Waals surface area contributed by atoms with E-state index in [9.17, 15) is 4.79 Å². The predicted octanol–water partition coefficient (Wildman–Crippen LogP) is 2.53. The van der Waals surface area contributed by atoms with Gasteiger partial charge < -0.3 is 14.4 Å². The molecule has 4 nitrogen and oxygen atoms in total. The van der Waals surface area contributed by atoms with Crippen molar-refractivity contribution in [3.8, 4) is 11.5 Å². The quantitative estimate of drug-likeness (QED) is 0.631. The molecule has 1 fully saturated rings. The van der Waals surface area contributed by atoms with E-state index in [4.69, 9.17) is 32.7 Å². The Bertz CT molecular complexity index is 605. The molecule has 0 bridgehead atoms. The SMILES string of the molecule is COc1cc2c(cc1OC)C1(C(C)Cl)C(Cl)C(=O)N1CC2. The molecule has 2 aliphatic heterocycles. The first-order valence-electron chi connectivity index (χ1n) is 6.83. The maximum atomic E-state index is 12.1. The van der Waals surface area contributed by atoms with Gasteiger partial charge in [0.25, 0.3) is 0 Å². The van der Waals surface area contributed by atoms with Crippen molar-refractivity contribution in [1.82, 2.24) is 4.90 Å². The average molecular weight is 330 g/mol. The standard InChI is InChI=1S/C15H17Cl2NO3/c1-8(16)15-10-7-12(21-3)11(20-2)6-9(10)4-5-18(15)14(19)13(15)17/h6-8,13H,4-5H2,1-3H3. The molecule has 1 aromatic rings. The maximum Gasteiger partial charge on any atom is 0.244 e. The largest absolute Gasteiger partial charge is 0.493 e. The third kappa shape index (κ3) is 1.72. The van der Waals surface area contributed by atoms with Crippen LogP contribution in [0.2, 0.25) is 0 Å². The summed E-state index contributed by atoms with van der Waals surface area (Å²) in [5.41, 5.74) is 1.41. The molecule has 114 valence electrons. The van der Waals surface area contributed by atoms with E-state index in [1.165, 1.54) is 0 Å². The number of rotatable bonds is 3. The Kier molecular flexibility index (Phi) is 3.49. The minimum atomic E-state index is -0.659. The van der Waals surface area contributed by atoms with Crippen LogP contribution in [0.15, 0.2) is 12.1 Å². The van der Waals surface area contributed by atoms with Gasteiger partial charge in [0, 0.05) is 6.54 Å². The summed E-state index contributed by atoms with van der Waals surface area (Å²) in [6.45, 7) is 2.50. The zero-order chi connectivity index (χ0) is 15.4. The second-order valence-corrected chi connectivity index (χ2v) is 6.50. The van der Waals surface area contributed by atoms with E-state index < -0.39 is 10.9 Å². The van der Waals surface area contributed by atoms with Gasteiger partial charge in [0.05, 0.1) is 19.6 Å². The molecule has 0 aliphatic carbocycles. The summed E-state index contributed by atoms with van der Waals surface area (Å²) in [7, 11) is 3.20. The number of carbonyl (C=O) groups excluding carboxylic acids is 1. The van der Waals surface area contributed by atoms with Gasteiger partial charge in [-0.05, 0) is 36.6 Å². The molecule has 1 saturated heterocycles. The fourth-order valence-electron chi connectivity index (χ4n) is 3.52. The molecule has 3 unspecified atom stereocenters. The molecule has 3 atom stereocenters. The van der Waals surface area contributed by atoms with Gasteiger partial charge in [0.1, 0.15) is 10.9 Å². The number of carbonyl (C=O) groups is 1. The van der Waals surface area contributed by atoms with Gasteiger partial charge in [-0.25, -0.2) is 0 Å². The van der Waals surface area contributed by atoms with E-state index in [0.717, 1.165) is 17.5 Å². The van der Waals surface area contributed by atoms with E-state index in [1.807, 2.05) is 19.1 Å². The first-order valence-corrected chi connectivity index (χ1v) is 7.70. The summed E-state index contributed by atoms with van der Waals surface area (Å²) < 4.78 is 10.7. The predicted molar refractivity (Wildman–Crippen MR) is 81.6 cm³/mol. The zero-order valence-corrected chi connectivity index (χ0v) is 13.7. The number of halogens is 2. The molecule has 0 spiro atoms. The van der Waals surface area contributed by atoms with Crippen LogP contribution < -0.4 is 9.47 Å². The van der Waals surface area contributed by atoms with Crippen molar-refractivity contribution in [2.24, 2.45) is 0 Å². The molecule has 3 rings (SSSR count). The Morgan fingerprint density at radius 2 is 1.95 bits per heavy atom. The third-order valence-electron chi connectivity index (χ3n) is 4.57. The molecule has 6 heteroatoms. The van der Waals surface area contributed by atoms with Crippen LogP contribution >= 0.6 is 23.2 Å². The molecule has 0 saturated carbocycles. The first-order chi connectivity index (χ1) is 9.98. The van der Waals surface area contributed by atoms with Crippen LogP contribution in [0.5, 0.6) is 11.5 Å². The molecule has 1 amide bonds. The lowest BCUT2D eigenvalue weighted by molar-refractivity contribution is -0.158. The van der Waals surface area contributed by atoms with Crippen molar-refractivity contribution in [1.29, 1.82) is 0 Å². The van der Waals surface area contributed by atoms with Crippen molar-refractivity contribution in [3.05, 3.63) is 23.3 Å². The van der Waals surface area contributed by atoms with Crippen molar-refractivity contribution < 1.29 is 14.3 Å². The molecule has 2 aliphatic rings. The lowest BCUT2D eigenvalue weighted by Gasteiger charge is -2.60. The van der Waals surface area contributed by atoms with E-state index in [2.05, 4.69) is 0 Å². The molecule has 0 radical (unpaired) electrons. The highest BCUT2D eigenvalue weighted by Crippen LogP contribution is 2.54. The van der Waals surface area contributed by atoms with E-state index in [0.29, 0.717) is 18.0 Å². The molecule has 21 heavy (non-hydrogen) atoms. The van der Waals surface area contributed by atoms with Gasteiger partial charge in [-0.2, -0.15) is 0 Å². The van der Waals surface area contributed by atoms with E-state index in [1.54, 1.807) is 19.1 Å². The first kappa shape index (κ1) is 14.8. The summed E-state index contributed by atoms with van der Waals surface area (Å²) in [5, 5.41) is -0.933. The highest BCUT2D eigenvalue weighted by molar-refractivity contribution is 6.36. The second kappa shape index (κ2) is 4.96. The molecular formula is C15H17Cl2NO3. The summed E-state index contributed by atoms with van der Waals surface area (Å²) in [6.07, 6.45) is 0.760. The monoisotopic (exact) mass is 329 g/mol. The smallest absolute Gasteiger partial charge is 0.244 e. The number of benzene rings is 1. The van der Waals surface area contributed by atoms with Gasteiger partial charge in [0.2, 0.25) is 5.91 Å². The number of ether oxygens (including phenoxy) is 2. The van der Waals surface area contributed by atoms with Crippen LogP contribution in [0.3, 0.4) is 0 Å². The highest BCUT2D eigenvalue weighted by atomic mass is 35.5. The van der Waals surface area contributed by atoms with Crippen LogP contribution in [0.1, 0.15) is 18.1 Å². The lowest BCUT2D eigenvalue weighted by atomic mass is 9.69. The Balaban J connectivity index is 2.21. The third-order valence-corrected chi connectivity index (χ3v) is 5.42. The fraction of sp³-hybridized carbons (Fsp3) is 0.533.